The van der Waals surface area contributed by atoms with Crippen molar-refractivity contribution in [1.82, 2.24) is 15.2 Å². The number of hydrogen-bond acceptors (Lipinski definition) is 3. The van der Waals surface area contributed by atoms with Gasteiger partial charge in [0.25, 0.3) is 0 Å². The van der Waals surface area contributed by atoms with E-state index >= 15 is 0 Å². The van der Waals surface area contributed by atoms with Gasteiger partial charge in [0.1, 0.15) is 5.82 Å². The van der Waals surface area contributed by atoms with Crippen LogP contribution in [-0.4, -0.2) is 15.2 Å². The summed E-state index contributed by atoms with van der Waals surface area (Å²) in [6.07, 6.45) is 3.40. The Balaban J connectivity index is 2.18. The van der Waals surface area contributed by atoms with Gasteiger partial charge >= 0.3 is 0 Å². The molecule has 0 aliphatic carbocycles. The standard InChI is InChI=1S/C14H10BrFN4/c15-10-6-8(3-4-11(10)16)13-12(14(17)20-19-13)9-2-1-5-18-7-9/h1-7H,(H3,17,19,20). The Bertz CT molecular complexity index is 755. The number of pyridine rings is 1. The van der Waals surface area contributed by atoms with Crippen LogP contribution < -0.4 is 5.73 Å². The van der Waals surface area contributed by atoms with E-state index in [9.17, 15) is 4.39 Å². The molecule has 0 bridgehead atoms. The molecule has 3 N–H and O–H groups in total. The van der Waals surface area contributed by atoms with Crippen molar-refractivity contribution >= 4 is 21.7 Å². The van der Waals surface area contributed by atoms with Gasteiger partial charge in [0.05, 0.1) is 15.7 Å². The van der Waals surface area contributed by atoms with Crippen LogP contribution in [0.2, 0.25) is 0 Å². The van der Waals surface area contributed by atoms with Gasteiger partial charge in [-0.2, -0.15) is 5.10 Å². The quantitative estimate of drug-likeness (QED) is 0.753. The van der Waals surface area contributed by atoms with E-state index in [0.29, 0.717) is 10.3 Å². The molecule has 0 aliphatic rings. The Labute approximate surface area is 123 Å². The van der Waals surface area contributed by atoms with E-state index < -0.39 is 0 Å². The van der Waals surface area contributed by atoms with Crippen molar-refractivity contribution in [3.05, 3.63) is 53.0 Å². The molecule has 0 radical (unpaired) electrons. The second-order valence-electron chi connectivity index (χ2n) is 4.23. The van der Waals surface area contributed by atoms with Gasteiger partial charge in [0.15, 0.2) is 5.82 Å². The number of aromatic nitrogens is 3. The van der Waals surface area contributed by atoms with Crippen LogP contribution in [0.25, 0.3) is 22.4 Å². The summed E-state index contributed by atoms with van der Waals surface area (Å²) < 4.78 is 13.7. The van der Waals surface area contributed by atoms with E-state index in [1.807, 2.05) is 12.1 Å². The number of nitrogens with zero attached hydrogens (tertiary/aromatic N) is 2. The summed E-state index contributed by atoms with van der Waals surface area (Å²) in [7, 11) is 0. The van der Waals surface area contributed by atoms with Gasteiger partial charge in [-0.15, -0.1) is 0 Å². The second kappa shape index (κ2) is 5.05. The number of rotatable bonds is 2. The third-order valence-corrected chi connectivity index (χ3v) is 3.56. The second-order valence-corrected chi connectivity index (χ2v) is 5.08. The molecular weight excluding hydrogens is 323 g/mol. The van der Waals surface area contributed by atoms with E-state index in [0.717, 1.165) is 22.4 Å². The van der Waals surface area contributed by atoms with Crippen molar-refractivity contribution < 1.29 is 4.39 Å². The third-order valence-electron chi connectivity index (χ3n) is 2.95. The first-order chi connectivity index (χ1) is 9.66. The zero-order valence-corrected chi connectivity index (χ0v) is 11.9. The highest BCUT2D eigenvalue weighted by molar-refractivity contribution is 9.10. The summed E-state index contributed by atoms with van der Waals surface area (Å²) >= 11 is 3.18. The van der Waals surface area contributed by atoms with Gasteiger partial charge < -0.3 is 5.73 Å². The first-order valence-electron chi connectivity index (χ1n) is 5.86. The topological polar surface area (TPSA) is 67.6 Å². The molecule has 1 aromatic carbocycles. The number of halogens is 2. The van der Waals surface area contributed by atoms with Crippen LogP contribution >= 0.6 is 15.9 Å². The van der Waals surface area contributed by atoms with Crippen LogP contribution in [0.15, 0.2) is 47.2 Å². The number of anilines is 1. The number of aromatic amines is 1. The fourth-order valence-corrected chi connectivity index (χ4v) is 2.40. The van der Waals surface area contributed by atoms with Crippen molar-refractivity contribution in [2.45, 2.75) is 0 Å². The smallest absolute Gasteiger partial charge is 0.153 e. The number of nitrogens with one attached hydrogen (secondary N) is 1. The van der Waals surface area contributed by atoms with Gasteiger partial charge in [-0.25, -0.2) is 4.39 Å². The molecule has 2 heterocycles. The van der Waals surface area contributed by atoms with Gasteiger partial charge in [0.2, 0.25) is 0 Å². The highest BCUT2D eigenvalue weighted by atomic mass is 79.9. The minimum Gasteiger partial charge on any atom is -0.382 e. The normalized spacial score (nSPS) is 10.7. The van der Waals surface area contributed by atoms with Gasteiger partial charge in [-0.1, -0.05) is 6.07 Å². The Kier molecular flexibility index (Phi) is 3.23. The lowest BCUT2D eigenvalue weighted by molar-refractivity contribution is 0.621. The van der Waals surface area contributed by atoms with Crippen LogP contribution in [0.5, 0.6) is 0 Å². The Morgan fingerprint density at radius 1 is 1.20 bits per heavy atom. The lowest BCUT2D eigenvalue weighted by Gasteiger charge is -2.05. The number of nitrogen functional groups attached to an aromatic ring is 1. The minimum atomic E-state index is -0.316. The Hall–Kier alpha value is -2.21. The van der Waals surface area contributed by atoms with Crippen LogP contribution in [-0.2, 0) is 0 Å². The van der Waals surface area contributed by atoms with E-state index in [1.165, 1.54) is 6.07 Å². The van der Waals surface area contributed by atoms with Crippen LogP contribution in [0.4, 0.5) is 10.2 Å². The molecule has 4 nitrogen and oxygen atoms in total. The summed E-state index contributed by atoms with van der Waals surface area (Å²) in [4.78, 5) is 4.08. The maximum absolute atomic E-state index is 13.3. The SMILES string of the molecule is Nc1n[nH]c(-c2ccc(F)c(Br)c2)c1-c1cccnc1. The first kappa shape index (κ1) is 12.8. The van der Waals surface area contributed by atoms with E-state index in [1.54, 1.807) is 24.5 Å². The molecule has 0 saturated heterocycles. The highest BCUT2D eigenvalue weighted by Gasteiger charge is 2.15. The van der Waals surface area contributed by atoms with Crippen molar-refractivity contribution in [2.24, 2.45) is 0 Å². The lowest BCUT2D eigenvalue weighted by Crippen LogP contribution is -1.89. The van der Waals surface area contributed by atoms with E-state index in [-0.39, 0.29) is 5.82 Å². The van der Waals surface area contributed by atoms with E-state index in [4.69, 9.17) is 5.73 Å². The number of nitrogens with two attached hydrogens (primary N) is 1. The number of H-pyrrole nitrogens is 1. The molecule has 0 spiro atoms. The monoisotopic (exact) mass is 332 g/mol. The summed E-state index contributed by atoms with van der Waals surface area (Å²) in [5.74, 6) is 0.0672. The fraction of sp³-hybridized carbons (Fsp3) is 0. The Morgan fingerprint density at radius 2 is 2.05 bits per heavy atom. The minimum absolute atomic E-state index is 0.316. The maximum Gasteiger partial charge on any atom is 0.153 e. The Morgan fingerprint density at radius 3 is 2.75 bits per heavy atom. The largest absolute Gasteiger partial charge is 0.382 e. The molecule has 0 amide bonds. The predicted octanol–water partition coefficient (Wildman–Crippen LogP) is 3.62. The molecule has 0 fully saturated rings. The molecular formula is C14H10BrFN4. The molecule has 20 heavy (non-hydrogen) atoms. The van der Waals surface area contributed by atoms with E-state index in [2.05, 4.69) is 31.1 Å². The molecule has 3 rings (SSSR count). The molecule has 2 aromatic heterocycles. The molecule has 0 aliphatic heterocycles. The summed E-state index contributed by atoms with van der Waals surface area (Å²) in [5.41, 5.74) is 9.06. The summed E-state index contributed by atoms with van der Waals surface area (Å²) in [6.45, 7) is 0. The number of benzene rings is 1. The predicted molar refractivity (Wildman–Crippen MR) is 79.3 cm³/mol. The zero-order chi connectivity index (χ0) is 14.1. The zero-order valence-electron chi connectivity index (χ0n) is 10.3. The molecule has 0 atom stereocenters. The van der Waals surface area contributed by atoms with Gasteiger partial charge in [-0.05, 0) is 40.2 Å². The molecule has 100 valence electrons. The summed E-state index contributed by atoms with van der Waals surface area (Å²) in [6, 6.07) is 8.47. The van der Waals surface area contributed by atoms with Crippen LogP contribution in [0, 0.1) is 5.82 Å². The van der Waals surface area contributed by atoms with Gasteiger partial charge in [0, 0.05) is 23.5 Å². The lowest BCUT2D eigenvalue weighted by atomic mass is 10.0. The van der Waals surface area contributed by atoms with Crippen molar-refractivity contribution in [1.29, 1.82) is 0 Å². The average molecular weight is 333 g/mol. The number of hydrogen-bond donors (Lipinski definition) is 2. The van der Waals surface area contributed by atoms with Gasteiger partial charge in [-0.3, -0.25) is 10.1 Å². The third kappa shape index (κ3) is 2.18. The maximum atomic E-state index is 13.3. The van der Waals surface area contributed by atoms with Crippen molar-refractivity contribution in [3.8, 4) is 22.4 Å². The van der Waals surface area contributed by atoms with Crippen LogP contribution in [0.1, 0.15) is 0 Å². The molecule has 6 heteroatoms. The summed E-state index contributed by atoms with van der Waals surface area (Å²) in [5, 5.41) is 6.93. The van der Waals surface area contributed by atoms with Crippen molar-refractivity contribution in [3.63, 3.8) is 0 Å². The average Bonchev–Trinajstić information content (AvgIpc) is 2.85. The molecule has 0 unspecified atom stereocenters. The molecule has 3 aromatic rings. The highest BCUT2D eigenvalue weighted by Crippen LogP contribution is 2.35. The van der Waals surface area contributed by atoms with Crippen LogP contribution in [0.3, 0.4) is 0 Å². The van der Waals surface area contributed by atoms with Crippen molar-refractivity contribution in [2.75, 3.05) is 5.73 Å². The fourth-order valence-electron chi connectivity index (χ4n) is 2.02. The molecule has 0 saturated carbocycles. The first-order valence-corrected chi connectivity index (χ1v) is 6.66.